The van der Waals surface area contributed by atoms with Crippen molar-refractivity contribution in [2.45, 2.75) is 27.2 Å². The van der Waals surface area contributed by atoms with Crippen molar-refractivity contribution in [3.8, 4) is 5.69 Å². The molecule has 0 atom stereocenters. The molecule has 1 saturated heterocycles. The molecule has 1 aliphatic heterocycles. The van der Waals surface area contributed by atoms with Gasteiger partial charge in [0.15, 0.2) is 0 Å². The number of nitrogens with zero attached hydrogens (tertiary/aromatic N) is 3. The third-order valence-corrected chi connectivity index (χ3v) is 4.59. The number of benzene rings is 1. The first-order valence-electron chi connectivity index (χ1n) is 8.02. The molecule has 3 rings (SSSR count). The van der Waals surface area contributed by atoms with Crippen molar-refractivity contribution in [2.75, 3.05) is 19.7 Å². The molecule has 0 aliphatic carbocycles. The lowest BCUT2D eigenvalue weighted by atomic mass is 9.82. The molecule has 1 amide bonds. The van der Waals surface area contributed by atoms with E-state index >= 15 is 0 Å². The quantitative estimate of drug-likeness (QED) is 0.941. The van der Waals surface area contributed by atoms with Crippen LogP contribution in [0.15, 0.2) is 30.5 Å². The highest BCUT2D eigenvalue weighted by Crippen LogP contribution is 2.31. The zero-order chi connectivity index (χ0) is 16.6. The van der Waals surface area contributed by atoms with Gasteiger partial charge in [0.05, 0.1) is 29.7 Å². The van der Waals surface area contributed by atoms with Crippen LogP contribution < -0.4 is 0 Å². The van der Waals surface area contributed by atoms with Crippen molar-refractivity contribution in [1.82, 2.24) is 14.7 Å². The van der Waals surface area contributed by atoms with Gasteiger partial charge < -0.3 is 10.0 Å². The molecule has 0 saturated carbocycles. The summed E-state index contributed by atoms with van der Waals surface area (Å²) in [5.74, 6) is 0.00705. The van der Waals surface area contributed by atoms with Crippen molar-refractivity contribution in [2.24, 2.45) is 5.41 Å². The minimum Gasteiger partial charge on any atom is -0.396 e. The molecule has 0 radical (unpaired) electrons. The van der Waals surface area contributed by atoms with Gasteiger partial charge in [0.2, 0.25) is 0 Å². The number of aliphatic hydroxyl groups excluding tert-OH is 1. The Morgan fingerprint density at radius 3 is 2.65 bits per heavy atom. The van der Waals surface area contributed by atoms with E-state index in [2.05, 4.69) is 5.10 Å². The number of amides is 1. The van der Waals surface area contributed by atoms with E-state index in [1.165, 1.54) is 0 Å². The highest BCUT2D eigenvalue weighted by molar-refractivity contribution is 5.96. The molecule has 1 aromatic carbocycles. The van der Waals surface area contributed by atoms with E-state index in [0.29, 0.717) is 18.7 Å². The maximum Gasteiger partial charge on any atom is 0.257 e. The van der Waals surface area contributed by atoms with E-state index in [1.807, 2.05) is 49.7 Å². The van der Waals surface area contributed by atoms with Gasteiger partial charge in [-0.1, -0.05) is 32.0 Å². The first-order chi connectivity index (χ1) is 11.0. The fourth-order valence-electron chi connectivity index (χ4n) is 3.19. The van der Waals surface area contributed by atoms with E-state index in [9.17, 15) is 9.90 Å². The Balaban J connectivity index is 1.91. The fraction of sp³-hybridized carbons (Fsp3) is 0.444. The van der Waals surface area contributed by atoms with E-state index < -0.39 is 0 Å². The van der Waals surface area contributed by atoms with Crippen molar-refractivity contribution in [1.29, 1.82) is 0 Å². The van der Waals surface area contributed by atoms with Crippen molar-refractivity contribution in [3.63, 3.8) is 0 Å². The summed E-state index contributed by atoms with van der Waals surface area (Å²) in [6.45, 7) is 7.38. The van der Waals surface area contributed by atoms with Crippen LogP contribution in [0.1, 0.15) is 35.5 Å². The van der Waals surface area contributed by atoms with Crippen LogP contribution in [0.4, 0.5) is 0 Å². The van der Waals surface area contributed by atoms with Crippen LogP contribution in [0.3, 0.4) is 0 Å². The van der Waals surface area contributed by atoms with Crippen LogP contribution in [-0.4, -0.2) is 45.4 Å². The lowest BCUT2D eigenvalue weighted by Gasteiger charge is -2.46. The number of aromatic nitrogens is 2. The Bertz CT molecular complexity index is 730. The highest BCUT2D eigenvalue weighted by atomic mass is 16.3. The molecule has 5 heteroatoms. The Kier molecular flexibility index (Phi) is 3.98. The van der Waals surface area contributed by atoms with Crippen LogP contribution in [-0.2, 0) is 6.42 Å². The molecular formula is C18H23N3O2. The minimum atomic E-state index is -0.159. The highest BCUT2D eigenvalue weighted by Gasteiger charge is 2.41. The second-order valence-corrected chi connectivity index (χ2v) is 6.69. The van der Waals surface area contributed by atoms with Gasteiger partial charge in [-0.2, -0.15) is 5.10 Å². The smallest absolute Gasteiger partial charge is 0.257 e. The maximum absolute atomic E-state index is 12.7. The molecule has 2 heterocycles. The summed E-state index contributed by atoms with van der Waals surface area (Å²) in [6.07, 6.45) is 2.41. The van der Waals surface area contributed by atoms with Gasteiger partial charge in [-0.3, -0.25) is 4.79 Å². The third-order valence-electron chi connectivity index (χ3n) is 4.59. The molecular weight excluding hydrogens is 290 g/mol. The summed E-state index contributed by atoms with van der Waals surface area (Å²) in [7, 11) is 0. The summed E-state index contributed by atoms with van der Waals surface area (Å²) in [5, 5.41) is 13.8. The van der Waals surface area contributed by atoms with Gasteiger partial charge in [-0.05, 0) is 25.0 Å². The standard InChI is InChI=1S/C18H23N3O2/c1-4-15-14(17(23)20-10-18(3,11-20)12-22)9-19-21(15)16-8-6-5-7-13(16)2/h5-9,22H,4,10-12H2,1-3H3. The molecule has 1 fully saturated rings. The van der Waals surface area contributed by atoms with Gasteiger partial charge in [0.1, 0.15) is 0 Å². The number of aliphatic hydroxyl groups is 1. The number of hydrogen-bond donors (Lipinski definition) is 1. The molecule has 1 aliphatic rings. The lowest BCUT2D eigenvalue weighted by Crippen LogP contribution is -2.58. The number of rotatable bonds is 4. The SMILES string of the molecule is CCc1c(C(=O)N2CC(C)(CO)C2)cnn1-c1ccccc1C. The van der Waals surface area contributed by atoms with Gasteiger partial charge in [-0.25, -0.2) is 4.68 Å². The number of para-hydroxylation sites is 1. The number of likely N-dealkylation sites (tertiary alicyclic amines) is 1. The predicted octanol–water partition coefficient (Wildman–Crippen LogP) is 2.20. The second-order valence-electron chi connectivity index (χ2n) is 6.69. The average Bonchev–Trinajstić information content (AvgIpc) is 2.95. The Morgan fingerprint density at radius 1 is 1.35 bits per heavy atom. The van der Waals surface area contributed by atoms with E-state index in [1.54, 1.807) is 11.1 Å². The first kappa shape index (κ1) is 15.7. The minimum absolute atomic E-state index is 0.00705. The Labute approximate surface area is 136 Å². The van der Waals surface area contributed by atoms with E-state index in [-0.39, 0.29) is 17.9 Å². The number of hydrogen-bond acceptors (Lipinski definition) is 3. The summed E-state index contributed by atoms with van der Waals surface area (Å²) in [6, 6.07) is 8.03. The molecule has 0 unspecified atom stereocenters. The monoisotopic (exact) mass is 313 g/mol. The average molecular weight is 313 g/mol. The molecule has 2 aromatic rings. The van der Waals surface area contributed by atoms with Crippen LogP contribution >= 0.6 is 0 Å². The van der Waals surface area contributed by atoms with Crippen LogP contribution in [0, 0.1) is 12.3 Å². The van der Waals surface area contributed by atoms with Crippen molar-refractivity contribution in [3.05, 3.63) is 47.3 Å². The molecule has 1 aromatic heterocycles. The summed E-state index contributed by atoms with van der Waals surface area (Å²) in [4.78, 5) is 14.5. The Hall–Kier alpha value is -2.14. The van der Waals surface area contributed by atoms with E-state index in [4.69, 9.17) is 0 Å². The van der Waals surface area contributed by atoms with Crippen LogP contribution in [0.5, 0.6) is 0 Å². The Morgan fingerprint density at radius 2 is 2.04 bits per heavy atom. The zero-order valence-electron chi connectivity index (χ0n) is 13.9. The number of aryl methyl sites for hydroxylation is 1. The fourth-order valence-corrected chi connectivity index (χ4v) is 3.19. The molecule has 5 nitrogen and oxygen atoms in total. The van der Waals surface area contributed by atoms with Crippen LogP contribution in [0.2, 0.25) is 0 Å². The lowest BCUT2D eigenvalue weighted by molar-refractivity contribution is -0.0153. The third kappa shape index (κ3) is 2.65. The number of carbonyl (C=O) groups excluding carboxylic acids is 1. The summed E-state index contributed by atoms with van der Waals surface area (Å²) < 4.78 is 1.87. The topological polar surface area (TPSA) is 58.4 Å². The normalized spacial score (nSPS) is 16.3. The summed E-state index contributed by atoms with van der Waals surface area (Å²) in [5.41, 5.74) is 3.57. The van der Waals surface area contributed by atoms with Gasteiger partial charge in [0, 0.05) is 18.5 Å². The van der Waals surface area contributed by atoms with Crippen molar-refractivity contribution >= 4 is 5.91 Å². The van der Waals surface area contributed by atoms with Gasteiger partial charge >= 0.3 is 0 Å². The zero-order valence-corrected chi connectivity index (χ0v) is 13.9. The largest absolute Gasteiger partial charge is 0.396 e. The van der Waals surface area contributed by atoms with E-state index in [0.717, 1.165) is 23.4 Å². The molecule has 0 spiro atoms. The van der Waals surface area contributed by atoms with Gasteiger partial charge in [-0.15, -0.1) is 0 Å². The van der Waals surface area contributed by atoms with Crippen molar-refractivity contribution < 1.29 is 9.90 Å². The first-order valence-corrected chi connectivity index (χ1v) is 8.02. The maximum atomic E-state index is 12.7. The summed E-state index contributed by atoms with van der Waals surface area (Å²) >= 11 is 0. The molecule has 0 bridgehead atoms. The second kappa shape index (κ2) is 5.81. The van der Waals surface area contributed by atoms with Crippen LogP contribution in [0.25, 0.3) is 5.69 Å². The molecule has 1 N–H and O–H groups in total. The predicted molar refractivity (Wildman–Crippen MR) is 88.8 cm³/mol. The molecule has 23 heavy (non-hydrogen) atoms. The molecule has 122 valence electrons. The number of carbonyl (C=O) groups is 1. The van der Waals surface area contributed by atoms with Gasteiger partial charge in [0.25, 0.3) is 5.91 Å².